The monoisotopic (exact) mass is 309 g/mol. The molecule has 118 valence electrons. The topological polar surface area (TPSA) is 67.9 Å². The first-order valence-electron chi connectivity index (χ1n) is 7.97. The Kier molecular flexibility index (Phi) is 3.53. The zero-order valence-corrected chi connectivity index (χ0v) is 13.4. The minimum Gasteiger partial charge on any atom is -0.340 e. The lowest BCUT2D eigenvalue weighted by Crippen LogP contribution is -2.25. The van der Waals surface area contributed by atoms with Gasteiger partial charge in [-0.1, -0.05) is 23.4 Å². The summed E-state index contributed by atoms with van der Waals surface area (Å²) >= 11 is 0. The second kappa shape index (κ2) is 5.70. The fraction of sp³-hybridized carbons (Fsp3) is 0.412. The van der Waals surface area contributed by atoms with E-state index in [-0.39, 0.29) is 6.04 Å². The molecular formula is C17H19N5O. The van der Waals surface area contributed by atoms with Crippen LogP contribution in [0.1, 0.15) is 42.1 Å². The zero-order chi connectivity index (χ0) is 15.8. The van der Waals surface area contributed by atoms with Gasteiger partial charge in [-0.25, -0.2) is 9.97 Å². The van der Waals surface area contributed by atoms with Crippen molar-refractivity contribution in [3.05, 3.63) is 47.5 Å². The Hall–Kier alpha value is -2.34. The molecule has 0 radical (unpaired) electrons. The van der Waals surface area contributed by atoms with Crippen molar-refractivity contribution in [2.45, 2.75) is 39.3 Å². The van der Waals surface area contributed by atoms with E-state index >= 15 is 0 Å². The van der Waals surface area contributed by atoms with Crippen LogP contribution in [0.2, 0.25) is 0 Å². The highest BCUT2D eigenvalue weighted by Gasteiger charge is 2.30. The molecule has 1 fully saturated rings. The third kappa shape index (κ3) is 2.70. The number of aryl methyl sites for hydroxylation is 2. The van der Waals surface area contributed by atoms with Crippen molar-refractivity contribution in [2.24, 2.45) is 0 Å². The molecule has 0 saturated carbocycles. The van der Waals surface area contributed by atoms with Gasteiger partial charge in [0.15, 0.2) is 5.82 Å². The van der Waals surface area contributed by atoms with Crippen molar-refractivity contribution in [2.75, 3.05) is 6.54 Å². The van der Waals surface area contributed by atoms with E-state index in [2.05, 4.69) is 26.1 Å². The van der Waals surface area contributed by atoms with Gasteiger partial charge in [-0.2, -0.15) is 4.98 Å². The fourth-order valence-corrected chi connectivity index (χ4v) is 3.31. The Bertz CT molecular complexity index is 844. The van der Waals surface area contributed by atoms with E-state index in [1.54, 1.807) is 0 Å². The summed E-state index contributed by atoms with van der Waals surface area (Å²) in [5, 5.41) is 5.20. The Morgan fingerprint density at radius 3 is 2.87 bits per heavy atom. The molecule has 1 aliphatic rings. The largest absolute Gasteiger partial charge is 0.340 e. The van der Waals surface area contributed by atoms with Crippen LogP contribution in [0.15, 0.2) is 28.8 Å². The lowest BCUT2D eigenvalue weighted by molar-refractivity contribution is 0.229. The fourth-order valence-electron chi connectivity index (χ4n) is 3.31. The molecule has 1 aromatic carbocycles. The van der Waals surface area contributed by atoms with Crippen LogP contribution in [-0.4, -0.2) is 31.6 Å². The van der Waals surface area contributed by atoms with Crippen LogP contribution in [0, 0.1) is 13.8 Å². The number of likely N-dealkylation sites (tertiary alicyclic amines) is 1. The van der Waals surface area contributed by atoms with Gasteiger partial charge in [0.1, 0.15) is 5.82 Å². The summed E-state index contributed by atoms with van der Waals surface area (Å²) in [7, 11) is 0. The Morgan fingerprint density at radius 2 is 2.04 bits per heavy atom. The maximum atomic E-state index is 5.13. The van der Waals surface area contributed by atoms with E-state index in [1.807, 2.05) is 32.0 Å². The molecule has 1 atom stereocenters. The second-order valence-electron chi connectivity index (χ2n) is 6.04. The molecule has 6 heteroatoms. The summed E-state index contributed by atoms with van der Waals surface area (Å²) in [5.74, 6) is 2.25. The molecule has 1 aliphatic heterocycles. The standard InChI is InChI=1S/C17H19N5O/c1-11-13-6-3-4-7-14(13)20-16(18-11)10-22-9-5-8-15(22)17-19-12(2)23-21-17/h3-4,6-7,15H,5,8-10H2,1-2H3/t15-/m1/s1. The highest BCUT2D eigenvalue weighted by Crippen LogP contribution is 2.31. The third-order valence-electron chi connectivity index (χ3n) is 4.39. The summed E-state index contributed by atoms with van der Waals surface area (Å²) in [6.07, 6.45) is 2.18. The summed E-state index contributed by atoms with van der Waals surface area (Å²) in [5.41, 5.74) is 2.03. The minimum absolute atomic E-state index is 0.197. The van der Waals surface area contributed by atoms with Crippen LogP contribution >= 0.6 is 0 Å². The number of para-hydroxylation sites is 1. The van der Waals surface area contributed by atoms with E-state index in [1.165, 1.54) is 0 Å². The van der Waals surface area contributed by atoms with Gasteiger partial charge in [0, 0.05) is 18.0 Å². The van der Waals surface area contributed by atoms with Gasteiger partial charge in [0.05, 0.1) is 18.1 Å². The van der Waals surface area contributed by atoms with Gasteiger partial charge in [0.2, 0.25) is 5.89 Å². The van der Waals surface area contributed by atoms with Gasteiger partial charge in [0.25, 0.3) is 0 Å². The molecule has 23 heavy (non-hydrogen) atoms. The van der Waals surface area contributed by atoms with E-state index in [0.717, 1.165) is 47.6 Å². The highest BCUT2D eigenvalue weighted by molar-refractivity contribution is 5.80. The SMILES string of the molecule is Cc1nc([C@H]2CCCN2Cc2nc(C)c3ccccc3n2)no1. The highest BCUT2D eigenvalue weighted by atomic mass is 16.5. The predicted molar refractivity (Wildman–Crippen MR) is 85.7 cm³/mol. The van der Waals surface area contributed by atoms with Crippen molar-refractivity contribution in [3.63, 3.8) is 0 Å². The summed E-state index contributed by atoms with van der Waals surface area (Å²) in [6, 6.07) is 8.34. The van der Waals surface area contributed by atoms with Crippen molar-refractivity contribution in [1.82, 2.24) is 25.0 Å². The molecule has 2 aromatic heterocycles. The van der Waals surface area contributed by atoms with Crippen LogP contribution in [0.5, 0.6) is 0 Å². The van der Waals surface area contributed by atoms with E-state index in [9.17, 15) is 0 Å². The number of aromatic nitrogens is 4. The average molecular weight is 309 g/mol. The van der Waals surface area contributed by atoms with Crippen LogP contribution in [0.4, 0.5) is 0 Å². The van der Waals surface area contributed by atoms with Crippen LogP contribution in [0.3, 0.4) is 0 Å². The molecule has 0 amide bonds. The van der Waals surface area contributed by atoms with Crippen molar-refractivity contribution in [1.29, 1.82) is 0 Å². The quantitative estimate of drug-likeness (QED) is 0.741. The van der Waals surface area contributed by atoms with Crippen LogP contribution in [0.25, 0.3) is 10.9 Å². The van der Waals surface area contributed by atoms with Crippen LogP contribution < -0.4 is 0 Å². The molecule has 0 N–H and O–H groups in total. The van der Waals surface area contributed by atoms with E-state index < -0.39 is 0 Å². The number of rotatable bonds is 3. The summed E-state index contributed by atoms with van der Waals surface area (Å²) in [4.78, 5) is 16.1. The average Bonchev–Trinajstić information content (AvgIpc) is 3.16. The minimum atomic E-state index is 0.197. The van der Waals surface area contributed by atoms with Gasteiger partial charge in [-0.05, 0) is 32.4 Å². The molecule has 6 nitrogen and oxygen atoms in total. The molecule has 3 heterocycles. The van der Waals surface area contributed by atoms with Crippen molar-refractivity contribution in [3.8, 4) is 0 Å². The Balaban J connectivity index is 1.62. The molecule has 0 unspecified atom stereocenters. The number of hydrogen-bond acceptors (Lipinski definition) is 6. The molecule has 0 bridgehead atoms. The first-order valence-corrected chi connectivity index (χ1v) is 7.97. The molecule has 1 saturated heterocycles. The smallest absolute Gasteiger partial charge is 0.223 e. The second-order valence-corrected chi connectivity index (χ2v) is 6.04. The molecule has 4 rings (SSSR count). The molecular weight excluding hydrogens is 290 g/mol. The Morgan fingerprint density at radius 1 is 1.17 bits per heavy atom. The first kappa shape index (κ1) is 14.3. The number of nitrogens with zero attached hydrogens (tertiary/aromatic N) is 5. The van der Waals surface area contributed by atoms with Gasteiger partial charge in [-0.15, -0.1) is 0 Å². The third-order valence-corrected chi connectivity index (χ3v) is 4.39. The zero-order valence-electron chi connectivity index (χ0n) is 13.4. The van der Waals surface area contributed by atoms with E-state index in [4.69, 9.17) is 9.51 Å². The molecule has 0 spiro atoms. The van der Waals surface area contributed by atoms with Gasteiger partial charge in [-0.3, -0.25) is 4.90 Å². The normalized spacial score (nSPS) is 18.8. The Labute approximate surface area is 134 Å². The summed E-state index contributed by atoms with van der Waals surface area (Å²) in [6.45, 7) is 5.58. The first-order chi connectivity index (χ1) is 11.2. The summed E-state index contributed by atoms with van der Waals surface area (Å²) < 4.78 is 5.13. The van der Waals surface area contributed by atoms with Gasteiger partial charge >= 0.3 is 0 Å². The van der Waals surface area contributed by atoms with E-state index in [0.29, 0.717) is 12.4 Å². The number of hydrogen-bond donors (Lipinski definition) is 0. The molecule has 0 aliphatic carbocycles. The van der Waals surface area contributed by atoms with Crippen molar-refractivity contribution < 1.29 is 4.52 Å². The van der Waals surface area contributed by atoms with Crippen LogP contribution in [-0.2, 0) is 6.54 Å². The predicted octanol–water partition coefficient (Wildman–Crippen LogP) is 2.97. The maximum Gasteiger partial charge on any atom is 0.223 e. The van der Waals surface area contributed by atoms with Gasteiger partial charge < -0.3 is 4.52 Å². The number of fused-ring (bicyclic) bond motifs is 1. The lowest BCUT2D eigenvalue weighted by Gasteiger charge is -2.21. The molecule has 3 aromatic rings. The lowest BCUT2D eigenvalue weighted by atomic mass is 10.2. The number of benzene rings is 1. The van der Waals surface area contributed by atoms with Crippen molar-refractivity contribution >= 4 is 10.9 Å². The maximum absolute atomic E-state index is 5.13.